The molecule has 1 N–H and O–H groups in total. The van der Waals surface area contributed by atoms with Crippen LogP contribution in [0.3, 0.4) is 0 Å². The molecule has 5 nitrogen and oxygen atoms in total. The lowest BCUT2D eigenvalue weighted by atomic mass is 10.1. The number of aromatic nitrogens is 3. The Morgan fingerprint density at radius 1 is 1.09 bits per heavy atom. The predicted octanol–water partition coefficient (Wildman–Crippen LogP) is 6.27. The third-order valence-electron chi connectivity index (χ3n) is 5.17. The highest BCUT2D eigenvalue weighted by atomic mass is 79.9. The molecule has 0 aliphatic rings. The zero-order valence-electron chi connectivity index (χ0n) is 17.5. The molecule has 0 spiro atoms. The number of anilines is 1. The number of aryl methyl sites for hydroxylation is 1. The molecule has 0 saturated heterocycles. The van der Waals surface area contributed by atoms with Gasteiger partial charge in [-0.25, -0.2) is 9.37 Å². The largest absolute Gasteiger partial charge is 0.433 e. The van der Waals surface area contributed by atoms with Crippen LogP contribution in [0.1, 0.15) is 33.0 Å². The summed E-state index contributed by atoms with van der Waals surface area (Å²) in [6.07, 6.45) is -4.71. The minimum absolute atomic E-state index is 0.0543. The molecule has 0 bridgehead atoms. The second kappa shape index (κ2) is 8.58. The van der Waals surface area contributed by atoms with Gasteiger partial charge in [0.1, 0.15) is 11.5 Å². The first-order valence-corrected chi connectivity index (χ1v) is 10.6. The highest BCUT2D eigenvalue weighted by Crippen LogP contribution is 2.32. The number of fused-ring (bicyclic) bond motifs is 1. The van der Waals surface area contributed by atoms with Crippen molar-refractivity contribution in [1.82, 2.24) is 14.8 Å². The lowest BCUT2D eigenvalue weighted by Gasteiger charge is -2.13. The molecule has 33 heavy (non-hydrogen) atoms. The van der Waals surface area contributed by atoms with Crippen LogP contribution in [-0.2, 0) is 12.7 Å². The molecule has 0 aliphatic carbocycles. The van der Waals surface area contributed by atoms with E-state index in [1.807, 2.05) is 0 Å². The smallest absolute Gasteiger partial charge is 0.319 e. The number of pyridine rings is 1. The van der Waals surface area contributed by atoms with E-state index in [1.54, 1.807) is 42.8 Å². The van der Waals surface area contributed by atoms with Gasteiger partial charge in [0.25, 0.3) is 5.91 Å². The second-order valence-electron chi connectivity index (χ2n) is 7.50. The van der Waals surface area contributed by atoms with E-state index >= 15 is 0 Å². The molecule has 4 aromatic rings. The number of hydrogen-bond acceptors (Lipinski definition) is 3. The van der Waals surface area contributed by atoms with Gasteiger partial charge in [-0.15, -0.1) is 0 Å². The Kier molecular flexibility index (Phi) is 5.96. The zero-order chi connectivity index (χ0) is 23.9. The number of nitrogens with one attached hydrogen (secondary N) is 1. The maximum absolute atomic E-state index is 13.4. The van der Waals surface area contributed by atoms with Crippen LogP contribution in [0.2, 0.25) is 0 Å². The average molecular weight is 521 g/mol. The number of alkyl halides is 3. The van der Waals surface area contributed by atoms with Crippen molar-refractivity contribution < 1.29 is 22.4 Å². The van der Waals surface area contributed by atoms with E-state index in [9.17, 15) is 22.4 Å². The zero-order valence-corrected chi connectivity index (χ0v) is 19.1. The van der Waals surface area contributed by atoms with Gasteiger partial charge in [0, 0.05) is 9.86 Å². The van der Waals surface area contributed by atoms with Crippen molar-refractivity contribution >= 4 is 38.4 Å². The van der Waals surface area contributed by atoms with Crippen LogP contribution < -0.4 is 5.32 Å². The van der Waals surface area contributed by atoms with Crippen molar-refractivity contribution in [1.29, 1.82) is 0 Å². The van der Waals surface area contributed by atoms with Gasteiger partial charge in [0.2, 0.25) is 0 Å². The highest BCUT2D eigenvalue weighted by molar-refractivity contribution is 9.10. The van der Waals surface area contributed by atoms with Gasteiger partial charge in [-0.05, 0) is 55.8 Å². The van der Waals surface area contributed by atoms with Crippen LogP contribution in [0.4, 0.5) is 23.2 Å². The first kappa shape index (κ1) is 22.9. The normalized spacial score (nSPS) is 11.7. The Bertz CT molecular complexity index is 1360. The Labute approximate surface area is 194 Å². The van der Waals surface area contributed by atoms with E-state index in [-0.39, 0.29) is 22.3 Å². The lowest BCUT2D eigenvalue weighted by Crippen LogP contribution is -2.17. The number of amides is 1. The van der Waals surface area contributed by atoms with Crippen LogP contribution >= 0.6 is 15.9 Å². The van der Waals surface area contributed by atoms with Crippen LogP contribution in [-0.4, -0.2) is 20.7 Å². The summed E-state index contributed by atoms with van der Waals surface area (Å²) in [7, 11) is 0. The summed E-state index contributed by atoms with van der Waals surface area (Å²) in [6.45, 7) is 3.76. The molecule has 4 rings (SSSR count). The van der Waals surface area contributed by atoms with Gasteiger partial charge in [-0.1, -0.05) is 28.1 Å². The molecular weight excluding hydrogens is 504 g/mol. The van der Waals surface area contributed by atoms with E-state index in [0.717, 1.165) is 11.6 Å². The van der Waals surface area contributed by atoms with Crippen LogP contribution in [0.15, 0.2) is 53.0 Å². The third kappa shape index (κ3) is 4.75. The van der Waals surface area contributed by atoms with Crippen molar-refractivity contribution in [3.05, 3.63) is 87.0 Å². The second-order valence-corrected chi connectivity index (χ2v) is 8.41. The quantitative estimate of drug-likeness (QED) is 0.322. The molecule has 0 atom stereocenters. The van der Waals surface area contributed by atoms with E-state index in [4.69, 9.17) is 0 Å². The molecule has 170 valence electrons. The standard InChI is InChI=1S/C23H17BrF4N4O/c1-12-21(13(2)32(31-12)11-14-3-6-16(25)7-4-14)30-22(33)18-10-20(23(26,27)28)29-19-8-5-15(24)9-17(18)19/h3-10H,11H2,1-2H3,(H,30,33). The van der Waals surface area contributed by atoms with Gasteiger partial charge < -0.3 is 5.32 Å². The number of rotatable bonds is 4. The molecule has 2 aromatic heterocycles. The Balaban J connectivity index is 1.71. The molecule has 0 radical (unpaired) electrons. The van der Waals surface area contributed by atoms with E-state index < -0.39 is 17.8 Å². The molecule has 1 amide bonds. The van der Waals surface area contributed by atoms with Gasteiger partial charge in [0.05, 0.1) is 34.7 Å². The fourth-order valence-electron chi connectivity index (χ4n) is 3.51. The number of benzene rings is 2. The number of halogens is 5. The monoisotopic (exact) mass is 520 g/mol. The molecule has 0 fully saturated rings. The Morgan fingerprint density at radius 2 is 1.79 bits per heavy atom. The molecular formula is C23H17BrF4N4O. The fourth-order valence-corrected chi connectivity index (χ4v) is 3.87. The van der Waals surface area contributed by atoms with Gasteiger partial charge in [-0.3, -0.25) is 9.48 Å². The Morgan fingerprint density at radius 3 is 2.45 bits per heavy atom. The van der Waals surface area contributed by atoms with Gasteiger partial charge >= 0.3 is 6.18 Å². The summed E-state index contributed by atoms with van der Waals surface area (Å²) in [5, 5.41) is 7.41. The average Bonchev–Trinajstić information content (AvgIpc) is 3.01. The minimum Gasteiger partial charge on any atom is -0.319 e. The van der Waals surface area contributed by atoms with Crippen LogP contribution in [0, 0.1) is 19.7 Å². The van der Waals surface area contributed by atoms with Crippen LogP contribution in [0.5, 0.6) is 0 Å². The minimum atomic E-state index is -4.71. The van der Waals surface area contributed by atoms with Crippen molar-refractivity contribution in [3.63, 3.8) is 0 Å². The van der Waals surface area contributed by atoms with Crippen molar-refractivity contribution in [2.45, 2.75) is 26.6 Å². The Hall–Kier alpha value is -3.27. The number of nitrogens with zero attached hydrogens (tertiary/aromatic N) is 3. The SMILES string of the molecule is Cc1nn(Cc2ccc(F)cc2)c(C)c1NC(=O)c1cc(C(F)(F)F)nc2ccc(Br)cc12. The molecule has 0 unspecified atom stereocenters. The summed E-state index contributed by atoms with van der Waals surface area (Å²) in [6, 6.07) is 11.2. The molecule has 0 saturated carbocycles. The maximum atomic E-state index is 13.4. The third-order valence-corrected chi connectivity index (χ3v) is 5.66. The summed E-state index contributed by atoms with van der Waals surface area (Å²) >= 11 is 3.28. The van der Waals surface area contributed by atoms with Gasteiger partial charge in [-0.2, -0.15) is 18.3 Å². The topological polar surface area (TPSA) is 59.8 Å². The van der Waals surface area contributed by atoms with Crippen molar-refractivity contribution in [3.8, 4) is 0 Å². The molecule has 2 heterocycles. The first-order valence-electron chi connectivity index (χ1n) is 9.80. The summed E-state index contributed by atoms with van der Waals surface area (Å²) in [5.41, 5.74) is 1.06. The van der Waals surface area contributed by atoms with E-state index in [1.165, 1.54) is 18.2 Å². The van der Waals surface area contributed by atoms with E-state index in [2.05, 4.69) is 31.3 Å². The lowest BCUT2D eigenvalue weighted by molar-refractivity contribution is -0.140. The molecule has 2 aromatic carbocycles. The summed E-state index contributed by atoms with van der Waals surface area (Å²) < 4.78 is 55.6. The van der Waals surface area contributed by atoms with Crippen molar-refractivity contribution in [2.75, 3.05) is 5.32 Å². The highest BCUT2D eigenvalue weighted by Gasteiger charge is 2.34. The number of hydrogen-bond donors (Lipinski definition) is 1. The summed E-state index contributed by atoms with van der Waals surface area (Å²) in [4.78, 5) is 16.8. The predicted molar refractivity (Wildman–Crippen MR) is 120 cm³/mol. The first-order chi connectivity index (χ1) is 15.5. The number of carbonyl (C=O) groups excluding carboxylic acids is 1. The molecule has 10 heteroatoms. The van der Waals surface area contributed by atoms with Crippen molar-refractivity contribution in [2.24, 2.45) is 0 Å². The fraction of sp³-hybridized carbons (Fsp3) is 0.174. The summed E-state index contributed by atoms with van der Waals surface area (Å²) in [5.74, 6) is -1.06. The molecule has 0 aliphatic heterocycles. The number of carbonyl (C=O) groups is 1. The van der Waals surface area contributed by atoms with E-state index in [0.29, 0.717) is 28.1 Å². The van der Waals surface area contributed by atoms with Crippen LogP contribution in [0.25, 0.3) is 10.9 Å². The van der Waals surface area contributed by atoms with Gasteiger partial charge in [0.15, 0.2) is 0 Å². The maximum Gasteiger partial charge on any atom is 0.433 e.